The monoisotopic (exact) mass is 284 g/mol. The summed E-state index contributed by atoms with van der Waals surface area (Å²) in [6.45, 7) is -0.0740. The molecule has 0 radical (unpaired) electrons. The number of nitrogens with zero attached hydrogens (tertiary/aromatic N) is 1. The van der Waals surface area contributed by atoms with Crippen LogP contribution in [0.5, 0.6) is 5.75 Å². The molecule has 2 rings (SSSR count). The van der Waals surface area contributed by atoms with Gasteiger partial charge < -0.3 is 10.1 Å². The van der Waals surface area contributed by atoms with Gasteiger partial charge in [0.05, 0.1) is 12.1 Å². The third-order valence-corrected chi connectivity index (χ3v) is 2.57. The summed E-state index contributed by atoms with van der Waals surface area (Å²) in [6, 6.07) is 4.87. The molecule has 8 heteroatoms. The topological polar surface area (TPSA) is 88.2 Å². The summed E-state index contributed by atoms with van der Waals surface area (Å²) in [6.07, 6.45) is 1.14. The van der Waals surface area contributed by atoms with Crippen molar-refractivity contribution in [1.82, 2.24) is 5.27 Å². The van der Waals surface area contributed by atoms with E-state index in [0.717, 1.165) is 6.20 Å². The third-order valence-electron chi connectivity index (χ3n) is 2.27. The smallest absolute Gasteiger partial charge is 0.426 e. The lowest BCUT2D eigenvalue weighted by Gasteiger charge is -2.06. The number of benzene rings is 1. The summed E-state index contributed by atoms with van der Waals surface area (Å²) in [5.74, 6) is 0.191. The predicted molar refractivity (Wildman–Crippen MR) is 66.2 cm³/mol. The fourth-order valence-corrected chi connectivity index (χ4v) is 1.72. The Bertz CT molecular complexity index is 649. The highest BCUT2D eigenvalue weighted by molar-refractivity contribution is 6.32. The normalized spacial score (nSPS) is 10.2. The lowest BCUT2D eigenvalue weighted by atomic mass is 10.3. The van der Waals surface area contributed by atoms with Crippen LogP contribution in [0.3, 0.4) is 0 Å². The Morgan fingerprint density at radius 3 is 2.95 bits per heavy atom. The van der Waals surface area contributed by atoms with Crippen LogP contribution in [-0.4, -0.2) is 18.3 Å². The Morgan fingerprint density at radius 2 is 2.37 bits per heavy atom. The molecule has 0 aliphatic carbocycles. The largest absolute Gasteiger partial charge is 0.495 e. The quantitative estimate of drug-likeness (QED) is 0.803. The molecule has 0 spiro atoms. The van der Waals surface area contributed by atoms with Gasteiger partial charge in [-0.05, 0) is 23.5 Å². The molecule has 0 saturated heterocycles. The zero-order chi connectivity index (χ0) is 13.8. The molecule has 2 N–H and O–H groups in total. The van der Waals surface area contributed by atoms with Gasteiger partial charge in [-0.25, -0.2) is 4.79 Å². The summed E-state index contributed by atoms with van der Waals surface area (Å²) in [4.78, 5) is 22.5. The van der Waals surface area contributed by atoms with Crippen molar-refractivity contribution in [3.8, 4) is 5.75 Å². The first-order valence-electron chi connectivity index (χ1n) is 5.30. The Labute approximate surface area is 112 Å². The summed E-state index contributed by atoms with van der Waals surface area (Å²) < 4.78 is 10.7. The van der Waals surface area contributed by atoms with E-state index >= 15 is 0 Å². The number of H-pyrrole nitrogens is 1. The van der Waals surface area contributed by atoms with E-state index in [4.69, 9.17) is 16.3 Å². The van der Waals surface area contributed by atoms with E-state index in [-0.39, 0.29) is 12.5 Å². The van der Waals surface area contributed by atoms with Gasteiger partial charge in [0.25, 0.3) is 18.6 Å². The van der Waals surface area contributed by atoms with Crippen LogP contribution in [0.1, 0.15) is 0 Å². The van der Waals surface area contributed by atoms with Crippen molar-refractivity contribution in [3.63, 3.8) is 0 Å². The molecule has 0 bridgehead atoms. The van der Waals surface area contributed by atoms with E-state index in [1.165, 1.54) is 11.8 Å². The van der Waals surface area contributed by atoms with Gasteiger partial charge in [0.2, 0.25) is 0 Å². The van der Waals surface area contributed by atoms with Gasteiger partial charge in [0, 0.05) is 5.69 Å². The number of anilines is 1. The summed E-state index contributed by atoms with van der Waals surface area (Å²) in [5.41, 5.74) is -0.0254. The average molecular weight is 285 g/mol. The first kappa shape index (κ1) is 13.2. The number of aromatic amines is 1. The van der Waals surface area contributed by atoms with Crippen LogP contribution >= 0.6 is 11.6 Å². The highest BCUT2D eigenvalue weighted by atomic mass is 35.5. The van der Waals surface area contributed by atoms with E-state index in [1.807, 2.05) is 0 Å². The molecule has 7 nitrogen and oxygen atoms in total. The van der Waals surface area contributed by atoms with Crippen molar-refractivity contribution < 1.29 is 18.7 Å². The van der Waals surface area contributed by atoms with E-state index in [0.29, 0.717) is 16.5 Å². The van der Waals surface area contributed by atoms with Gasteiger partial charge >= 0.3 is 5.63 Å². The number of aromatic nitrogens is 2. The lowest BCUT2D eigenvalue weighted by molar-refractivity contribution is -0.750. The van der Waals surface area contributed by atoms with Crippen LogP contribution in [0, 0.1) is 0 Å². The maximum Gasteiger partial charge on any atom is 0.426 e. The summed E-state index contributed by atoms with van der Waals surface area (Å²) in [5, 5.41) is 5.30. The molecule has 1 aromatic carbocycles. The average Bonchev–Trinajstić information content (AvgIpc) is 2.74. The standard InChI is InChI=1S/C11H10ClN3O4/c1-18-9-3-2-7(4-8(9)12)13-10(16)5-15-6-11(17)19-14-15/h2-4,6H,5H2,1H3,(H-,13,14,16,17)/p+1. The molecular weight excluding hydrogens is 274 g/mol. The fraction of sp³-hybridized carbons (Fsp3) is 0.182. The van der Waals surface area contributed by atoms with Gasteiger partial charge in [0.15, 0.2) is 0 Å². The molecule has 0 aliphatic heterocycles. The van der Waals surface area contributed by atoms with Crippen LogP contribution in [-0.2, 0) is 11.3 Å². The minimum atomic E-state index is -0.555. The Morgan fingerprint density at radius 1 is 1.58 bits per heavy atom. The van der Waals surface area contributed by atoms with Crippen molar-refractivity contribution in [3.05, 3.63) is 39.8 Å². The lowest BCUT2D eigenvalue weighted by Crippen LogP contribution is -2.41. The molecule has 19 heavy (non-hydrogen) atoms. The molecule has 0 saturated carbocycles. The molecule has 2 aromatic rings. The molecule has 1 amide bonds. The Hall–Kier alpha value is -2.28. The number of ether oxygens (including phenoxy) is 1. The van der Waals surface area contributed by atoms with E-state index < -0.39 is 5.63 Å². The molecule has 0 aliphatic rings. The molecule has 0 atom stereocenters. The number of halogens is 1. The number of hydrogen-bond donors (Lipinski definition) is 2. The number of rotatable bonds is 4. The molecule has 100 valence electrons. The molecule has 1 aromatic heterocycles. The zero-order valence-corrected chi connectivity index (χ0v) is 10.7. The first-order valence-corrected chi connectivity index (χ1v) is 5.67. The number of methoxy groups -OCH3 is 1. The third kappa shape index (κ3) is 3.35. The van der Waals surface area contributed by atoms with E-state index in [1.54, 1.807) is 18.2 Å². The van der Waals surface area contributed by atoms with Gasteiger partial charge in [-0.3, -0.25) is 9.32 Å². The van der Waals surface area contributed by atoms with Crippen LogP contribution < -0.4 is 20.4 Å². The minimum absolute atomic E-state index is 0.0740. The number of hydrogen-bond acceptors (Lipinski definition) is 4. The van der Waals surface area contributed by atoms with Crippen molar-refractivity contribution in [2.24, 2.45) is 0 Å². The van der Waals surface area contributed by atoms with Crippen molar-refractivity contribution >= 4 is 23.2 Å². The maximum atomic E-state index is 11.7. The van der Waals surface area contributed by atoms with Crippen LogP contribution in [0.4, 0.5) is 5.69 Å². The molecule has 0 unspecified atom stereocenters. The fourth-order valence-electron chi connectivity index (χ4n) is 1.46. The van der Waals surface area contributed by atoms with Crippen LogP contribution in [0.25, 0.3) is 0 Å². The van der Waals surface area contributed by atoms with Gasteiger partial charge in [-0.2, -0.15) is 0 Å². The van der Waals surface area contributed by atoms with Crippen LogP contribution in [0.2, 0.25) is 5.02 Å². The van der Waals surface area contributed by atoms with Gasteiger partial charge in [-0.1, -0.05) is 16.3 Å². The molecule has 1 heterocycles. The summed E-state index contributed by atoms with van der Waals surface area (Å²) >= 11 is 5.93. The molecular formula is C11H11ClN3O4+. The second kappa shape index (κ2) is 5.57. The second-order valence-corrected chi connectivity index (χ2v) is 4.07. The maximum absolute atomic E-state index is 11.7. The number of carbonyl (C=O) groups excluding carboxylic acids is 1. The Balaban J connectivity index is 2.02. The van der Waals surface area contributed by atoms with E-state index in [2.05, 4.69) is 15.1 Å². The van der Waals surface area contributed by atoms with Gasteiger partial charge in [-0.15, -0.1) is 0 Å². The second-order valence-electron chi connectivity index (χ2n) is 3.67. The SMILES string of the molecule is COc1ccc(NC(=O)C[n+]2cc(=O)o[nH]2)cc1Cl. The first-order chi connectivity index (χ1) is 9.08. The van der Waals surface area contributed by atoms with Crippen molar-refractivity contribution in [2.75, 3.05) is 12.4 Å². The van der Waals surface area contributed by atoms with Crippen LogP contribution in [0.15, 0.2) is 33.7 Å². The van der Waals surface area contributed by atoms with Crippen molar-refractivity contribution in [2.45, 2.75) is 6.54 Å². The number of nitrogens with one attached hydrogen (secondary N) is 2. The number of amides is 1. The highest BCUT2D eigenvalue weighted by Gasteiger charge is 2.13. The highest BCUT2D eigenvalue weighted by Crippen LogP contribution is 2.27. The van der Waals surface area contributed by atoms with E-state index in [9.17, 15) is 9.59 Å². The summed E-state index contributed by atoms with van der Waals surface area (Å²) in [7, 11) is 1.51. The minimum Gasteiger partial charge on any atom is -0.495 e. The number of carbonyl (C=O) groups is 1. The van der Waals surface area contributed by atoms with Gasteiger partial charge in [0.1, 0.15) is 5.75 Å². The predicted octanol–water partition coefficient (Wildman–Crippen LogP) is 0.556. The Kier molecular flexibility index (Phi) is 3.86. The zero-order valence-electron chi connectivity index (χ0n) is 9.97. The molecule has 0 fully saturated rings. The van der Waals surface area contributed by atoms with Crippen molar-refractivity contribution in [1.29, 1.82) is 0 Å².